The Balaban J connectivity index is 1.16. The second kappa shape index (κ2) is 13.5. The minimum Gasteiger partial charge on any atom is -0.504 e. The maximum absolute atomic E-state index is 13.4. The van der Waals surface area contributed by atoms with E-state index >= 15 is 0 Å². The minimum atomic E-state index is -1.25. The van der Waals surface area contributed by atoms with Gasteiger partial charge in [-0.2, -0.15) is 0 Å². The van der Waals surface area contributed by atoms with Crippen LogP contribution in [0.15, 0.2) is 33.9 Å². The number of hydrogen-bond acceptors (Lipinski definition) is 13. The van der Waals surface area contributed by atoms with Gasteiger partial charge in [0.1, 0.15) is 29.4 Å². The number of aliphatic carboxylic acids is 1. The van der Waals surface area contributed by atoms with Crippen molar-refractivity contribution in [3.8, 4) is 11.5 Å². The lowest BCUT2D eigenvalue weighted by Gasteiger charge is -2.50. The Bertz CT molecular complexity index is 1800. The molecule has 1 aromatic carbocycles. The SMILES string of the molecule is CC[C@@H](C=O)O/N=C(\C(=O)N[C@@H]1C(=O)N2C(C(=O)O)=C(C[N@@+]34CC[C@@H](C3)N(C(=O)c3ccc(O)c(O)c3Cl)CC4)CS[C@H]12)c1csc(N)n1. The van der Waals surface area contributed by atoms with Crippen molar-refractivity contribution in [2.24, 2.45) is 5.16 Å². The number of β-lactam (4-membered cyclic amide) rings is 1. The number of aromatic hydroxyl groups is 2. The number of nitrogen functional groups attached to an aromatic ring is 1. The largest absolute Gasteiger partial charge is 0.504 e. The van der Waals surface area contributed by atoms with Crippen molar-refractivity contribution >= 4 is 75.5 Å². The predicted octanol–water partition coefficient (Wildman–Crippen LogP) is 0.972. The maximum atomic E-state index is 13.4. The Morgan fingerprint density at radius 1 is 1.31 bits per heavy atom. The molecule has 4 aliphatic rings. The molecule has 0 unspecified atom stereocenters. The summed E-state index contributed by atoms with van der Waals surface area (Å²) in [6.07, 6.45) is 0.618. The van der Waals surface area contributed by atoms with Gasteiger partial charge in [0.25, 0.3) is 17.7 Å². The number of oxime groups is 1. The van der Waals surface area contributed by atoms with Gasteiger partial charge in [0, 0.05) is 23.1 Å². The number of quaternary nitrogens is 1. The number of carbonyl (C=O) groups is 5. The van der Waals surface area contributed by atoms with Crippen LogP contribution in [0.2, 0.25) is 5.02 Å². The third-order valence-electron chi connectivity index (χ3n) is 9.25. The van der Waals surface area contributed by atoms with Crippen molar-refractivity contribution in [3.05, 3.63) is 45.1 Å². The number of nitrogens with zero attached hydrogens (tertiary/aromatic N) is 5. The van der Waals surface area contributed by atoms with Gasteiger partial charge in [0.15, 0.2) is 34.7 Å². The smallest absolute Gasteiger partial charge is 0.352 e. The van der Waals surface area contributed by atoms with Crippen molar-refractivity contribution < 1.29 is 48.6 Å². The Hall–Kier alpha value is -4.39. The number of amides is 3. The van der Waals surface area contributed by atoms with Gasteiger partial charge in [-0.05, 0) is 18.6 Å². The van der Waals surface area contributed by atoms with E-state index in [2.05, 4.69) is 15.5 Å². The van der Waals surface area contributed by atoms with E-state index < -0.39 is 46.8 Å². The fraction of sp³-hybridized carbons (Fsp3) is 0.433. The number of fused-ring (bicyclic) bond motifs is 3. The van der Waals surface area contributed by atoms with E-state index in [0.29, 0.717) is 67.7 Å². The molecule has 0 spiro atoms. The molecule has 2 bridgehead atoms. The standard InChI is InChI=1S/C30H32ClN7O9S2/c1-2-16(11-39)47-35-21(18-13-49-30(32)33-18)25(42)34-22-27(44)37-23(29(45)46)14(12-48-28(22)37)9-38-7-5-15(10-38)36(6-8-38)26(43)17-3-4-19(40)24(41)20(17)31/h3-4,11,13,15-16,22,28H,2,5-10,12H2,1H3,(H5-,32,33,34,35,40,41,42,43,45,46)/p+1/t15-,16-,22+,28+,38-/m0/s1. The van der Waals surface area contributed by atoms with Gasteiger partial charge in [-0.25, -0.2) is 9.78 Å². The first-order valence-corrected chi connectivity index (χ1v) is 17.7. The number of piperazine rings is 1. The van der Waals surface area contributed by atoms with Gasteiger partial charge < -0.3 is 40.6 Å². The molecule has 49 heavy (non-hydrogen) atoms. The number of phenolic OH excluding ortho intramolecular Hbond substituents is 2. The molecular formula is C30H33ClN7O9S2+. The fourth-order valence-electron chi connectivity index (χ4n) is 6.71. The summed E-state index contributed by atoms with van der Waals surface area (Å²) < 4.78 is 0.540. The monoisotopic (exact) mass is 734 g/mol. The summed E-state index contributed by atoms with van der Waals surface area (Å²) in [5, 5.41) is 37.3. The number of phenols is 2. The van der Waals surface area contributed by atoms with Crippen molar-refractivity contribution in [1.82, 2.24) is 20.1 Å². The molecule has 1 aromatic heterocycles. The number of halogens is 1. The Labute approximate surface area is 292 Å². The lowest BCUT2D eigenvalue weighted by atomic mass is 10.0. The normalized spacial score (nSPS) is 25.4. The number of anilines is 1. The topological polar surface area (TPSA) is 225 Å². The molecule has 260 valence electrons. The van der Waals surface area contributed by atoms with Crippen molar-refractivity contribution in [2.45, 2.75) is 43.3 Å². The highest BCUT2D eigenvalue weighted by molar-refractivity contribution is 8.00. The zero-order valence-corrected chi connectivity index (χ0v) is 28.5. The molecule has 0 radical (unpaired) electrons. The molecule has 0 saturated carbocycles. The second-order valence-corrected chi connectivity index (χ2v) is 14.6. The molecule has 6 N–H and O–H groups in total. The summed E-state index contributed by atoms with van der Waals surface area (Å²) >= 11 is 8.57. The number of aromatic nitrogens is 1. The van der Waals surface area contributed by atoms with E-state index in [1.165, 1.54) is 34.2 Å². The highest BCUT2D eigenvalue weighted by Gasteiger charge is 2.56. The number of nitrogens with two attached hydrogens (primary N) is 1. The van der Waals surface area contributed by atoms with Crippen LogP contribution in [-0.2, 0) is 24.0 Å². The number of benzene rings is 1. The first-order chi connectivity index (χ1) is 23.4. The van der Waals surface area contributed by atoms with Crippen LogP contribution in [-0.4, -0.2) is 132 Å². The molecule has 3 amide bonds. The molecule has 19 heteroatoms. The van der Waals surface area contributed by atoms with Gasteiger partial charge >= 0.3 is 5.97 Å². The van der Waals surface area contributed by atoms with Crippen LogP contribution in [0.1, 0.15) is 35.8 Å². The number of nitrogens with one attached hydrogen (secondary N) is 1. The van der Waals surface area contributed by atoms with Gasteiger partial charge in [-0.15, -0.1) is 23.1 Å². The van der Waals surface area contributed by atoms with Crippen molar-refractivity contribution in [1.29, 1.82) is 0 Å². The molecule has 3 fully saturated rings. The van der Waals surface area contributed by atoms with E-state index in [1.807, 2.05) is 0 Å². The number of hydrogen-bond donors (Lipinski definition) is 5. The number of rotatable bonds is 11. The lowest BCUT2D eigenvalue weighted by molar-refractivity contribution is -0.916. The van der Waals surface area contributed by atoms with E-state index in [0.717, 1.165) is 11.3 Å². The third kappa shape index (κ3) is 6.28. The van der Waals surface area contributed by atoms with Crippen LogP contribution in [0.3, 0.4) is 0 Å². The quantitative estimate of drug-likeness (QED) is 0.0544. The summed E-state index contributed by atoms with van der Waals surface area (Å²) in [7, 11) is 0. The summed E-state index contributed by atoms with van der Waals surface area (Å²) in [6.45, 7) is 4.24. The van der Waals surface area contributed by atoms with E-state index in [9.17, 15) is 39.3 Å². The Kier molecular flexibility index (Phi) is 9.49. The average molecular weight is 735 g/mol. The molecule has 2 aromatic rings. The molecule has 3 saturated heterocycles. The van der Waals surface area contributed by atoms with Crippen molar-refractivity contribution in [2.75, 3.05) is 44.2 Å². The zero-order chi connectivity index (χ0) is 35.2. The summed E-state index contributed by atoms with van der Waals surface area (Å²) in [5.74, 6) is -3.68. The zero-order valence-electron chi connectivity index (χ0n) is 26.1. The first kappa shape index (κ1) is 34.5. The molecular weight excluding hydrogens is 702 g/mol. The fourth-order valence-corrected chi connectivity index (χ4v) is 8.84. The first-order valence-electron chi connectivity index (χ1n) is 15.4. The molecule has 4 aliphatic heterocycles. The van der Waals surface area contributed by atoms with Crippen LogP contribution >= 0.6 is 34.7 Å². The lowest BCUT2D eigenvalue weighted by Crippen LogP contribution is -2.71. The van der Waals surface area contributed by atoms with Gasteiger partial charge in [0.05, 0.1) is 42.8 Å². The number of thioether (sulfide) groups is 1. The van der Waals surface area contributed by atoms with Gasteiger partial charge in [-0.1, -0.05) is 23.7 Å². The molecule has 0 aliphatic carbocycles. The highest BCUT2D eigenvalue weighted by Crippen LogP contribution is 2.43. The molecule has 5 heterocycles. The molecule has 16 nitrogen and oxygen atoms in total. The van der Waals surface area contributed by atoms with E-state index in [1.54, 1.807) is 11.8 Å². The van der Waals surface area contributed by atoms with E-state index in [4.69, 9.17) is 22.2 Å². The predicted molar refractivity (Wildman–Crippen MR) is 178 cm³/mol. The summed E-state index contributed by atoms with van der Waals surface area (Å²) in [4.78, 5) is 76.2. The average Bonchev–Trinajstić information content (AvgIpc) is 3.66. The van der Waals surface area contributed by atoms with Crippen LogP contribution in [0, 0.1) is 0 Å². The number of aldehydes is 1. The van der Waals surface area contributed by atoms with Gasteiger partial charge in [0.2, 0.25) is 0 Å². The van der Waals surface area contributed by atoms with E-state index in [-0.39, 0.29) is 44.8 Å². The number of carboxylic acids is 1. The summed E-state index contributed by atoms with van der Waals surface area (Å²) in [5.41, 5.74) is 6.11. The second-order valence-electron chi connectivity index (χ2n) is 12.2. The van der Waals surface area contributed by atoms with Crippen LogP contribution in [0.5, 0.6) is 11.5 Å². The summed E-state index contributed by atoms with van der Waals surface area (Å²) in [6, 6.07) is 1.38. The third-order valence-corrected chi connectivity index (χ3v) is 11.6. The van der Waals surface area contributed by atoms with Crippen molar-refractivity contribution in [3.63, 3.8) is 0 Å². The van der Waals surface area contributed by atoms with Gasteiger partial charge in [-0.3, -0.25) is 24.1 Å². The minimum absolute atomic E-state index is 0.0835. The Morgan fingerprint density at radius 3 is 2.76 bits per heavy atom. The maximum Gasteiger partial charge on any atom is 0.352 e. The van der Waals surface area contributed by atoms with Crippen LogP contribution < -0.4 is 11.1 Å². The number of carbonyl (C=O) groups excluding carboxylic acids is 4. The van der Waals surface area contributed by atoms with Crippen LogP contribution in [0.4, 0.5) is 5.13 Å². The molecule has 5 atom stereocenters. The van der Waals surface area contributed by atoms with Crippen LogP contribution in [0.25, 0.3) is 0 Å². The molecule has 6 rings (SSSR count). The Morgan fingerprint density at radius 2 is 2.08 bits per heavy atom. The highest BCUT2D eigenvalue weighted by atomic mass is 35.5. The number of carboxylic acid groups (broad SMARTS) is 1. The number of thiazole rings is 1.